The molecule has 0 spiro atoms. The normalized spacial score (nSPS) is 26.1. The van der Waals surface area contributed by atoms with Gasteiger partial charge in [0.25, 0.3) is 0 Å². The zero-order valence-corrected chi connectivity index (χ0v) is 12.0. The van der Waals surface area contributed by atoms with E-state index in [0.29, 0.717) is 0 Å². The fourth-order valence-corrected chi connectivity index (χ4v) is 3.99. The van der Waals surface area contributed by atoms with Crippen LogP contribution in [0.15, 0.2) is 0 Å². The van der Waals surface area contributed by atoms with Crippen LogP contribution in [0.5, 0.6) is 0 Å². The second-order valence-corrected chi connectivity index (χ2v) is 6.96. The van der Waals surface area contributed by atoms with Crippen molar-refractivity contribution in [3.63, 3.8) is 0 Å². The summed E-state index contributed by atoms with van der Waals surface area (Å²) < 4.78 is 29.8. The fourth-order valence-electron chi connectivity index (χ4n) is 2.16. The molecule has 1 N–H and O–H groups in total. The molecule has 19 heavy (non-hydrogen) atoms. The first-order valence-electron chi connectivity index (χ1n) is 5.97. The van der Waals surface area contributed by atoms with Crippen LogP contribution in [0.25, 0.3) is 0 Å². The average molecular weight is 293 g/mol. The van der Waals surface area contributed by atoms with E-state index in [-0.39, 0.29) is 24.8 Å². The number of carboxylic acid groups (broad SMARTS) is 1. The van der Waals surface area contributed by atoms with E-state index >= 15 is 0 Å². The monoisotopic (exact) mass is 293 g/mol. The minimum Gasteiger partial charge on any atom is -0.481 e. The van der Waals surface area contributed by atoms with E-state index in [1.54, 1.807) is 6.92 Å². The quantitative estimate of drug-likeness (QED) is 0.703. The molecule has 0 aromatic rings. The van der Waals surface area contributed by atoms with Gasteiger partial charge in [-0.15, -0.1) is 0 Å². The molecule has 0 saturated carbocycles. The SMILES string of the molecule is COC(=O)C(C)CS(=O)(=O)N1C[C@@H](C)[C@H](C(=O)O)C1. The Morgan fingerprint density at radius 2 is 2.00 bits per heavy atom. The molecule has 3 atom stereocenters. The number of carbonyl (C=O) groups is 2. The van der Waals surface area contributed by atoms with Gasteiger partial charge >= 0.3 is 11.9 Å². The van der Waals surface area contributed by atoms with Crippen LogP contribution < -0.4 is 0 Å². The number of aliphatic carboxylic acids is 1. The molecular formula is C11H19NO6S. The topological polar surface area (TPSA) is 101 Å². The van der Waals surface area contributed by atoms with Gasteiger partial charge in [-0.2, -0.15) is 0 Å². The van der Waals surface area contributed by atoms with Gasteiger partial charge < -0.3 is 9.84 Å². The number of rotatable bonds is 5. The third-order valence-electron chi connectivity index (χ3n) is 3.35. The largest absolute Gasteiger partial charge is 0.481 e. The number of esters is 1. The molecule has 1 fully saturated rings. The summed E-state index contributed by atoms with van der Waals surface area (Å²) in [7, 11) is -2.45. The standard InChI is InChI=1S/C11H19NO6S/c1-7-4-12(5-9(7)10(13)14)19(16,17)6-8(2)11(15)18-3/h7-9H,4-6H2,1-3H3,(H,13,14)/t7-,8?,9-/m1/s1. The van der Waals surface area contributed by atoms with Crippen LogP contribution in [0.1, 0.15) is 13.8 Å². The van der Waals surface area contributed by atoms with Crippen LogP contribution in [-0.2, 0) is 24.3 Å². The Labute approximate surface area is 112 Å². The lowest BCUT2D eigenvalue weighted by atomic mass is 9.99. The molecule has 1 rings (SSSR count). The van der Waals surface area contributed by atoms with Crippen LogP contribution >= 0.6 is 0 Å². The molecule has 8 heteroatoms. The number of sulfonamides is 1. The van der Waals surface area contributed by atoms with Gasteiger partial charge in [0.1, 0.15) is 0 Å². The van der Waals surface area contributed by atoms with Crippen LogP contribution in [0.2, 0.25) is 0 Å². The van der Waals surface area contributed by atoms with Crippen LogP contribution in [0.4, 0.5) is 0 Å². The Morgan fingerprint density at radius 1 is 1.42 bits per heavy atom. The number of ether oxygens (including phenoxy) is 1. The van der Waals surface area contributed by atoms with Gasteiger partial charge in [-0.1, -0.05) is 13.8 Å². The zero-order valence-electron chi connectivity index (χ0n) is 11.2. The summed E-state index contributed by atoms with van der Waals surface area (Å²) in [6, 6.07) is 0. The molecule has 1 saturated heterocycles. The van der Waals surface area contributed by atoms with Crippen molar-refractivity contribution < 1.29 is 27.9 Å². The highest BCUT2D eigenvalue weighted by molar-refractivity contribution is 7.89. The highest BCUT2D eigenvalue weighted by atomic mass is 32.2. The molecule has 0 bridgehead atoms. The summed E-state index contributed by atoms with van der Waals surface area (Å²) in [5, 5.41) is 8.98. The van der Waals surface area contributed by atoms with Crippen molar-refractivity contribution in [3.8, 4) is 0 Å². The first-order chi connectivity index (χ1) is 8.69. The number of nitrogens with zero attached hydrogens (tertiary/aromatic N) is 1. The summed E-state index contributed by atoms with van der Waals surface area (Å²) in [4.78, 5) is 22.2. The minimum absolute atomic E-state index is 0.0350. The van der Waals surface area contributed by atoms with Gasteiger partial charge in [0, 0.05) is 13.1 Å². The van der Waals surface area contributed by atoms with Gasteiger partial charge in [-0.05, 0) is 5.92 Å². The lowest BCUT2D eigenvalue weighted by Gasteiger charge is -2.18. The molecule has 7 nitrogen and oxygen atoms in total. The van der Waals surface area contributed by atoms with E-state index in [1.807, 2.05) is 0 Å². The molecule has 0 amide bonds. The molecule has 1 aliphatic rings. The van der Waals surface area contributed by atoms with Crippen molar-refractivity contribution in [1.82, 2.24) is 4.31 Å². The number of hydrogen-bond acceptors (Lipinski definition) is 5. The predicted molar refractivity (Wildman–Crippen MR) is 66.8 cm³/mol. The van der Waals surface area contributed by atoms with Crippen molar-refractivity contribution in [3.05, 3.63) is 0 Å². The maximum atomic E-state index is 12.1. The third kappa shape index (κ3) is 3.66. The molecule has 1 aliphatic heterocycles. The maximum Gasteiger partial charge on any atom is 0.309 e. The zero-order chi connectivity index (χ0) is 14.8. The van der Waals surface area contributed by atoms with E-state index in [4.69, 9.17) is 5.11 Å². The smallest absolute Gasteiger partial charge is 0.309 e. The summed E-state index contributed by atoms with van der Waals surface area (Å²) in [5.74, 6) is -3.64. The van der Waals surface area contributed by atoms with E-state index < -0.39 is 33.8 Å². The number of hydrogen-bond donors (Lipinski definition) is 1. The Bertz CT molecular complexity index is 460. The Kier molecular flexibility index (Phi) is 4.92. The fraction of sp³-hybridized carbons (Fsp3) is 0.818. The summed E-state index contributed by atoms with van der Waals surface area (Å²) in [5.41, 5.74) is 0. The van der Waals surface area contributed by atoms with Gasteiger partial charge in [-0.3, -0.25) is 9.59 Å². The van der Waals surface area contributed by atoms with Crippen LogP contribution in [0, 0.1) is 17.8 Å². The molecule has 0 radical (unpaired) electrons. The molecule has 0 aliphatic carbocycles. The molecule has 1 heterocycles. The highest BCUT2D eigenvalue weighted by Gasteiger charge is 2.40. The number of carboxylic acids is 1. The van der Waals surface area contributed by atoms with Crippen molar-refractivity contribution >= 4 is 22.0 Å². The van der Waals surface area contributed by atoms with Gasteiger partial charge in [0.05, 0.1) is 24.7 Å². The Hall–Kier alpha value is -1.15. The minimum atomic E-state index is -3.64. The molecule has 0 aromatic heterocycles. The molecule has 110 valence electrons. The van der Waals surface area contributed by atoms with Gasteiger partial charge in [0.2, 0.25) is 10.0 Å². The van der Waals surface area contributed by atoms with E-state index in [0.717, 1.165) is 4.31 Å². The summed E-state index contributed by atoms with van der Waals surface area (Å²) in [6.07, 6.45) is 0. The maximum absolute atomic E-state index is 12.1. The molecular weight excluding hydrogens is 274 g/mol. The van der Waals surface area contributed by atoms with E-state index in [2.05, 4.69) is 4.74 Å². The lowest BCUT2D eigenvalue weighted by Crippen LogP contribution is -2.35. The first kappa shape index (κ1) is 15.9. The highest BCUT2D eigenvalue weighted by Crippen LogP contribution is 2.26. The second kappa shape index (κ2) is 5.87. The second-order valence-electron chi connectivity index (χ2n) is 4.94. The lowest BCUT2D eigenvalue weighted by molar-refractivity contribution is -0.144. The Morgan fingerprint density at radius 3 is 2.42 bits per heavy atom. The van der Waals surface area contributed by atoms with E-state index in [1.165, 1.54) is 14.0 Å². The molecule has 1 unspecified atom stereocenters. The van der Waals surface area contributed by atoms with Crippen molar-refractivity contribution in [2.45, 2.75) is 13.8 Å². The van der Waals surface area contributed by atoms with Crippen molar-refractivity contribution in [1.29, 1.82) is 0 Å². The van der Waals surface area contributed by atoms with Gasteiger partial charge in [0.15, 0.2) is 0 Å². The number of methoxy groups -OCH3 is 1. The Balaban J connectivity index is 2.75. The van der Waals surface area contributed by atoms with Crippen LogP contribution in [-0.4, -0.2) is 55.7 Å². The summed E-state index contributed by atoms with van der Waals surface area (Å²) in [6.45, 7) is 3.32. The third-order valence-corrected chi connectivity index (χ3v) is 5.36. The van der Waals surface area contributed by atoms with Crippen molar-refractivity contribution in [2.24, 2.45) is 17.8 Å². The predicted octanol–water partition coefficient (Wildman–Crippen LogP) is -0.222. The van der Waals surface area contributed by atoms with E-state index in [9.17, 15) is 18.0 Å². The first-order valence-corrected chi connectivity index (χ1v) is 7.58. The summed E-state index contributed by atoms with van der Waals surface area (Å²) >= 11 is 0. The molecule has 0 aromatic carbocycles. The average Bonchev–Trinajstić information content (AvgIpc) is 2.70. The van der Waals surface area contributed by atoms with Gasteiger partial charge in [-0.25, -0.2) is 12.7 Å². The van der Waals surface area contributed by atoms with Crippen molar-refractivity contribution in [2.75, 3.05) is 26.0 Å². The number of carbonyl (C=O) groups excluding carboxylic acids is 1. The van der Waals surface area contributed by atoms with Crippen LogP contribution in [0.3, 0.4) is 0 Å².